The molecule has 0 spiro atoms. The normalized spacial score (nSPS) is 10.8. The molecule has 5 amide bonds. The maximum atomic E-state index is 12.4. The van der Waals surface area contributed by atoms with Crippen molar-refractivity contribution in [3.05, 3.63) is 142 Å². The number of carbonyl (C=O) groups excluding carboxylic acids is 6. The summed E-state index contributed by atoms with van der Waals surface area (Å²) in [6.45, 7) is 13.9. The number of hydrogen-bond acceptors (Lipinski definition) is 12. The molecule has 5 rings (SSSR count). The van der Waals surface area contributed by atoms with E-state index in [0.717, 1.165) is 30.9 Å². The van der Waals surface area contributed by atoms with E-state index in [1.165, 1.54) is 6.92 Å². The average molecular weight is 961 g/mol. The van der Waals surface area contributed by atoms with Gasteiger partial charge in [-0.3, -0.25) is 39.9 Å². The van der Waals surface area contributed by atoms with Crippen LogP contribution in [0.3, 0.4) is 0 Å². The first kappa shape index (κ1) is 54.8. The largest absolute Gasteiger partial charge is 0.494 e. The standard InChI is InChI=1S/C20H22N2O5.C19H22N2O3.C9H7F3N2O4/c1-13(23)26-17-8-6-5-7-16(17)18(24)21-14-9-11-15(12-10-14)22-19(25)27-20(2,3)4;1-13-7-5-6-8-16(13)17(22)20-14-9-11-15(12-10-14)21-18(23)24-19(2,3)4;1-18-7-4-5(14(16)17)2-3-6(7)13-8(15)9(10,11)12/h5-12H,1-4H3,(H,21,24)(H,22,25);5-12H,1-4H3,(H,20,22)(H,21,23);2-4H,1H3,(H,13,15). The zero-order chi connectivity index (χ0) is 51.7. The van der Waals surface area contributed by atoms with E-state index in [0.29, 0.717) is 28.3 Å². The molecule has 0 saturated carbocycles. The highest BCUT2D eigenvalue weighted by atomic mass is 19.4. The van der Waals surface area contributed by atoms with Gasteiger partial charge in [0.2, 0.25) is 0 Å². The molecule has 0 heterocycles. The predicted octanol–water partition coefficient (Wildman–Crippen LogP) is 10.9. The van der Waals surface area contributed by atoms with Crippen LogP contribution < -0.4 is 36.1 Å². The van der Waals surface area contributed by atoms with Gasteiger partial charge in [-0.15, -0.1) is 0 Å². The van der Waals surface area contributed by atoms with E-state index in [2.05, 4.69) is 26.0 Å². The maximum absolute atomic E-state index is 12.4. The first-order valence-electron chi connectivity index (χ1n) is 20.5. The van der Waals surface area contributed by atoms with E-state index in [9.17, 15) is 52.1 Å². The lowest BCUT2D eigenvalue weighted by Gasteiger charge is -2.19. The number of halogens is 3. The van der Waals surface area contributed by atoms with Gasteiger partial charge in [-0.25, -0.2) is 9.59 Å². The second-order valence-electron chi connectivity index (χ2n) is 16.3. The highest BCUT2D eigenvalue weighted by Gasteiger charge is 2.39. The first-order valence-corrected chi connectivity index (χ1v) is 20.5. The maximum Gasteiger partial charge on any atom is 0.471 e. The molecule has 0 aromatic heterocycles. The fraction of sp³-hybridized carbons (Fsp3) is 0.250. The summed E-state index contributed by atoms with van der Waals surface area (Å²) in [6.07, 6.45) is -6.12. The Morgan fingerprint density at radius 3 is 1.39 bits per heavy atom. The van der Waals surface area contributed by atoms with Crippen molar-refractivity contribution in [2.45, 2.75) is 72.8 Å². The molecule has 0 aliphatic heterocycles. The number of carbonyl (C=O) groups is 6. The number of non-ortho nitro benzene ring substituents is 1. The van der Waals surface area contributed by atoms with Crippen LogP contribution in [0.2, 0.25) is 0 Å². The third-order valence-corrected chi connectivity index (χ3v) is 8.25. The Labute approximate surface area is 395 Å². The molecule has 366 valence electrons. The van der Waals surface area contributed by atoms with Gasteiger partial charge in [0.05, 0.1) is 29.4 Å². The van der Waals surface area contributed by atoms with Gasteiger partial charge in [0.25, 0.3) is 17.5 Å². The quantitative estimate of drug-likeness (QED) is 0.0380. The summed E-state index contributed by atoms with van der Waals surface area (Å²) >= 11 is 0. The summed E-state index contributed by atoms with van der Waals surface area (Å²) in [4.78, 5) is 79.7. The third kappa shape index (κ3) is 19.5. The van der Waals surface area contributed by atoms with Gasteiger partial charge in [-0.2, -0.15) is 13.2 Å². The van der Waals surface area contributed by atoms with Crippen LogP contribution in [0.15, 0.2) is 115 Å². The van der Waals surface area contributed by atoms with Crippen LogP contribution in [0.25, 0.3) is 0 Å². The van der Waals surface area contributed by atoms with E-state index in [4.69, 9.17) is 14.2 Å². The molecule has 0 saturated heterocycles. The predicted molar refractivity (Wildman–Crippen MR) is 252 cm³/mol. The van der Waals surface area contributed by atoms with Gasteiger partial charge >= 0.3 is 30.2 Å². The summed E-state index contributed by atoms with van der Waals surface area (Å²) in [5.41, 5.74) is 2.28. The summed E-state index contributed by atoms with van der Waals surface area (Å²) in [7, 11) is 1.11. The minimum Gasteiger partial charge on any atom is -0.494 e. The number of rotatable bonds is 10. The lowest BCUT2D eigenvalue weighted by Crippen LogP contribution is -2.30. The zero-order valence-electron chi connectivity index (χ0n) is 38.9. The SMILES string of the molecule is CC(=O)Oc1ccccc1C(=O)Nc1ccc(NC(=O)OC(C)(C)C)cc1.COc1cc([N+](=O)[O-])ccc1NC(=O)C(F)(F)F.Cc1ccccc1C(=O)Nc1ccc(NC(=O)OC(C)(C)C)cc1. The van der Waals surface area contributed by atoms with Crippen molar-refractivity contribution >= 4 is 70.0 Å². The Balaban J connectivity index is 0.000000280. The molecule has 0 bridgehead atoms. The van der Waals surface area contributed by atoms with E-state index in [1.54, 1.807) is 126 Å². The van der Waals surface area contributed by atoms with Gasteiger partial charge in [-0.05, 0) is 127 Å². The van der Waals surface area contributed by atoms with Crippen molar-refractivity contribution in [3.8, 4) is 11.5 Å². The minimum atomic E-state index is -5.05. The Hall–Kier alpha value is -8.49. The summed E-state index contributed by atoms with van der Waals surface area (Å²) in [5.74, 6) is -3.32. The number of anilines is 5. The lowest BCUT2D eigenvalue weighted by molar-refractivity contribution is -0.384. The number of nitrogens with one attached hydrogen (secondary N) is 5. The molecule has 69 heavy (non-hydrogen) atoms. The Morgan fingerprint density at radius 1 is 0.565 bits per heavy atom. The highest BCUT2D eigenvalue weighted by Crippen LogP contribution is 2.30. The number of esters is 1. The number of ether oxygens (including phenoxy) is 4. The molecule has 0 aliphatic rings. The number of amides is 5. The second kappa shape index (κ2) is 24.3. The smallest absolute Gasteiger partial charge is 0.471 e. The van der Waals surface area contributed by atoms with E-state index in [1.807, 2.05) is 25.1 Å². The van der Waals surface area contributed by atoms with Crippen molar-refractivity contribution in [3.63, 3.8) is 0 Å². The molecule has 5 aromatic carbocycles. The van der Waals surface area contributed by atoms with Crippen LogP contribution in [0.5, 0.6) is 11.5 Å². The van der Waals surface area contributed by atoms with Crippen LogP contribution in [0.4, 0.5) is 56.9 Å². The molecule has 0 radical (unpaired) electrons. The van der Waals surface area contributed by atoms with Crippen LogP contribution in [0, 0.1) is 17.0 Å². The number of nitrogens with zero attached hydrogens (tertiary/aromatic N) is 1. The molecule has 18 nitrogen and oxygen atoms in total. The zero-order valence-corrected chi connectivity index (χ0v) is 38.9. The van der Waals surface area contributed by atoms with Crippen LogP contribution in [-0.4, -0.2) is 65.3 Å². The minimum absolute atomic E-state index is 0.166. The second-order valence-corrected chi connectivity index (χ2v) is 16.3. The van der Waals surface area contributed by atoms with E-state index >= 15 is 0 Å². The molecule has 21 heteroatoms. The fourth-order valence-electron chi connectivity index (χ4n) is 5.33. The summed E-state index contributed by atoms with van der Waals surface area (Å²) in [5, 5.41) is 22.8. The Morgan fingerprint density at radius 2 is 0.986 bits per heavy atom. The van der Waals surface area contributed by atoms with Crippen molar-refractivity contribution < 1.29 is 65.8 Å². The van der Waals surface area contributed by atoms with Crippen LogP contribution in [0.1, 0.15) is 74.7 Å². The lowest BCUT2D eigenvalue weighted by atomic mass is 10.1. The molecule has 5 aromatic rings. The molecule has 0 atom stereocenters. The first-order chi connectivity index (χ1) is 32.1. The number of aryl methyl sites for hydroxylation is 1. The molecule has 0 aliphatic carbocycles. The monoisotopic (exact) mass is 960 g/mol. The number of hydrogen-bond donors (Lipinski definition) is 5. The number of para-hydroxylation sites is 1. The summed E-state index contributed by atoms with van der Waals surface area (Å²) < 4.78 is 56.1. The molecular formula is C48H51F3N6O12. The fourth-order valence-corrected chi connectivity index (χ4v) is 5.33. The van der Waals surface area contributed by atoms with Gasteiger partial charge in [0, 0.05) is 41.3 Å². The summed E-state index contributed by atoms with van der Waals surface area (Å²) in [6, 6.07) is 30.1. The number of nitro groups is 1. The number of nitro benzene ring substituents is 1. The Bertz CT molecular complexity index is 2630. The van der Waals surface area contributed by atoms with Gasteiger partial charge in [0.15, 0.2) is 0 Å². The van der Waals surface area contributed by atoms with Crippen molar-refractivity contribution in [2.75, 3.05) is 33.7 Å². The van der Waals surface area contributed by atoms with Crippen LogP contribution in [-0.2, 0) is 19.1 Å². The number of methoxy groups -OCH3 is 1. The molecule has 5 N–H and O–H groups in total. The highest BCUT2D eigenvalue weighted by molar-refractivity contribution is 6.07. The topological polar surface area (TPSA) is 243 Å². The number of benzene rings is 5. The van der Waals surface area contributed by atoms with Crippen molar-refractivity contribution in [1.29, 1.82) is 0 Å². The molecular weight excluding hydrogens is 910 g/mol. The van der Waals surface area contributed by atoms with Crippen molar-refractivity contribution in [1.82, 2.24) is 0 Å². The third-order valence-electron chi connectivity index (χ3n) is 8.25. The van der Waals surface area contributed by atoms with Crippen LogP contribution >= 0.6 is 0 Å². The van der Waals surface area contributed by atoms with Gasteiger partial charge in [-0.1, -0.05) is 30.3 Å². The Kier molecular flexibility index (Phi) is 19.3. The molecule has 0 unspecified atom stereocenters. The average Bonchev–Trinajstić information content (AvgIpc) is 3.24. The van der Waals surface area contributed by atoms with E-state index < -0.39 is 52.3 Å². The number of alkyl halides is 3. The van der Waals surface area contributed by atoms with Crippen molar-refractivity contribution in [2.24, 2.45) is 0 Å². The van der Waals surface area contributed by atoms with E-state index in [-0.39, 0.29) is 34.3 Å². The van der Waals surface area contributed by atoms with Gasteiger partial charge in [0.1, 0.15) is 22.7 Å². The molecule has 0 fully saturated rings. The van der Waals surface area contributed by atoms with Gasteiger partial charge < -0.3 is 34.9 Å².